The number of methoxy groups -OCH3 is 1. The summed E-state index contributed by atoms with van der Waals surface area (Å²) in [6, 6.07) is 18.2. The van der Waals surface area contributed by atoms with Crippen molar-refractivity contribution < 1.29 is 31.8 Å². The summed E-state index contributed by atoms with van der Waals surface area (Å²) in [7, 11) is -2.68. The number of aromatic nitrogens is 3. The minimum absolute atomic E-state index is 0.0278. The Kier molecular flexibility index (Phi) is 8.34. The van der Waals surface area contributed by atoms with Crippen LogP contribution in [0.3, 0.4) is 0 Å². The Hall–Kier alpha value is -4.92. The standard InChI is InChI=1S/C22H18FN5O4.C7H8O3S/c1-31-20-10-14(23)18(28(29)30)11-16(20)26-22-24-7-6-15(25-22)21-13-4-2-3-5-17(13)27-8-9-32-12-19(21)27;1-6-4-2-3-5-7(6)11(8,9)10/h2-7,10-11H,8-9,12H2,1H3,(H,24,25,26);2-5H,1H3,(H,8,9,10). The van der Waals surface area contributed by atoms with Crippen molar-refractivity contribution in [2.75, 3.05) is 19.0 Å². The van der Waals surface area contributed by atoms with Crippen molar-refractivity contribution in [3.8, 4) is 17.0 Å². The maximum absolute atomic E-state index is 14.0. The van der Waals surface area contributed by atoms with E-state index in [-0.39, 0.29) is 22.3 Å². The van der Waals surface area contributed by atoms with Crippen LogP contribution >= 0.6 is 0 Å². The second-order valence-electron chi connectivity index (χ2n) is 9.44. The van der Waals surface area contributed by atoms with Gasteiger partial charge in [0, 0.05) is 41.3 Å². The third-order valence-corrected chi connectivity index (χ3v) is 7.79. The quantitative estimate of drug-likeness (QED) is 0.140. The van der Waals surface area contributed by atoms with E-state index in [4.69, 9.17) is 14.0 Å². The van der Waals surface area contributed by atoms with Gasteiger partial charge < -0.3 is 19.4 Å². The van der Waals surface area contributed by atoms with Gasteiger partial charge in [0.25, 0.3) is 10.1 Å². The molecule has 43 heavy (non-hydrogen) atoms. The number of halogens is 1. The second-order valence-corrected chi connectivity index (χ2v) is 10.8. The fourth-order valence-electron chi connectivity index (χ4n) is 4.85. The first-order chi connectivity index (χ1) is 20.6. The van der Waals surface area contributed by atoms with Crippen LogP contribution in [0.2, 0.25) is 0 Å². The number of nitro benzene ring substituents is 1. The molecule has 0 spiro atoms. The first kappa shape index (κ1) is 29.6. The Balaban J connectivity index is 0.000000283. The van der Waals surface area contributed by atoms with E-state index in [0.29, 0.717) is 24.5 Å². The van der Waals surface area contributed by atoms with Gasteiger partial charge in [0.05, 0.1) is 47.2 Å². The zero-order valence-corrected chi connectivity index (χ0v) is 23.8. The average molecular weight is 608 g/mol. The van der Waals surface area contributed by atoms with Crippen LogP contribution < -0.4 is 10.1 Å². The summed E-state index contributed by atoms with van der Waals surface area (Å²) < 4.78 is 56.9. The molecule has 0 bridgehead atoms. The number of fused-ring (bicyclic) bond motifs is 3. The molecule has 0 saturated heterocycles. The largest absolute Gasteiger partial charge is 0.494 e. The van der Waals surface area contributed by atoms with Gasteiger partial charge in [0.1, 0.15) is 5.75 Å². The number of nitrogens with zero attached hydrogens (tertiary/aromatic N) is 4. The Bertz CT molecular complexity index is 1950. The molecule has 3 heterocycles. The number of anilines is 2. The molecule has 1 aliphatic heterocycles. The summed E-state index contributed by atoms with van der Waals surface area (Å²) in [5.74, 6) is -0.691. The molecule has 0 fully saturated rings. The van der Waals surface area contributed by atoms with E-state index < -0.39 is 26.5 Å². The molecule has 0 unspecified atom stereocenters. The molecule has 3 aromatic carbocycles. The summed E-state index contributed by atoms with van der Waals surface area (Å²) in [5.41, 5.74) is 3.81. The molecule has 12 nitrogen and oxygen atoms in total. The van der Waals surface area contributed by atoms with E-state index in [2.05, 4.69) is 25.9 Å². The van der Waals surface area contributed by atoms with Crippen LogP contribution in [-0.4, -0.2) is 46.1 Å². The summed E-state index contributed by atoms with van der Waals surface area (Å²) >= 11 is 0. The Morgan fingerprint density at radius 2 is 1.88 bits per heavy atom. The highest BCUT2D eigenvalue weighted by Crippen LogP contribution is 2.37. The van der Waals surface area contributed by atoms with Gasteiger partial charge in [-0.05, 0) is 30.7 Å². The molecule has 5 aromatic rings. The lowest BCUT2D eigenvalue weighted by atomic mass is 10.1. The summed E-state index contributed by atoms with van der Waals surface area (Å²) in [4.78, 5) is 19.2. The molecule has 1 aliphatic rings. The average Bonchev–Trinajstić information content (AvgIpc) is 3.32. The van der Waals surface area contributed by atoms with Gasteiger partial charge in [-0.25, -0.2) is 9.97 Å². The third-order valence-electron chi connectivity index (χ3n) is 6.77. The number of hydrogen-bond acceptors (Lipinski definition) is 9. The van der Waals surface area contributed by atoms with Crippen molar-refractivity contribution in [2.45, 2.75) is 25.0 Å². The Morgan fingerprint density at radius 1 is 1.14 bits per heavy atom. The number of benzene rings is 3. The monoisotopic (exact) mass is 607 g/mol. The SMILES string of the molecule is COc1cc(F)c([N+](=O)[O-])cc1Nc1nccc(-c2c3n(c4ccccc24)CCOC3)n1.Cc1ccccc1S(=O)(=O)O. The van der Waals surface area contributed by atoms with Crippen LogP contribution in [0.15, 0.2) is 77.8 Å². The lowest BCUT2D eigenvalue weighted by Crippen LogP contribution is -2.16. The first-order valence-corrected chi connectivity index (χ1v) is 14.4. The molecular weight excluding hydrogens is 581 g/mol. The minimum Gasteiger partial charge on any atom is -0.494 e. The van der Waals surface area contributed by atoms with Gasteiger partial charge in [-0.1, -0.05) is 36.4 Å². The van der Waals surface area contributed by atoms with Gasteiger partial charge in [0.2, 0.25) is 11.8 Å². The highest BCUT2D eigenvalue weighted by Gasteiger charge is 2.23. The maximum Gasteiger partial charge on any atom is 0.307 e. The highest BCUT2D eigenvalue weighted by atomic mass is 32.2. The fraction of sp³-hybridized carbons (Fsp3) is 0.172. The van der Waals surface area contributed by atoms with Crippen molar-refractivity contribution in [3.05, 3.63) is 100 Å². The van der Waals surface area contributed by atoms with Crippen LogP contribution in [0.25, 0.3) is 22.2 Å². The third kappa shape index (κ3) is 6.16. The highest BCUT2D eigenvalue weighted by molar-refractivity contribution is 7.85. The van der Waals surface area contributed by atoms with E-state index in [1.54, 1.807) is 37.4 Å². The second kappa shape index (κ2) is 12.1. The fourth-order valence-corrected chi connectivity index (χ4v) is 5.57. The van der Waals surface area contributed by atoms with E-state index in [0.717, 1.165) is 40.8 Å². The normalized spacial score (nSPS) is 12.7. The topological polar surface area (TPSA) is 159 Å². The summed E-state index contributed by atoms with van der Waals surface area (Å²) in [6.07, 6.45) is 1.59. The lowest BCUT2D eigenvalue weighted by Gasteiger charge is -2.18. The summed E-state index contributed by atoms with van der Waals surface area (Å²) in [6.45, 7) is 3.49. The number of hydrogen-bond donors (Lipinski definition) is 2. The molecule has 14 heteroatoms. The van der Waals surface area contributed by atoms with Crippen LogP contribution in [-0.2, 0) is 28.0 Å². The molecule has 222 valence electrons. The lowest BCUT2D eigenvalue weighted by molar-refractivity contribution is -0.387. The van der Waals surface area contributed by atoms with Gasteiger partial charge in [-0.2, -0.15) is 12.8 Å². The zero-order valence-electron chi connectivity index (χ0n) is 23.0. The minimum atomic E-state index is -4.03. The number of ether oxygens (including phenoxy) is 2. The maximum atomic E-state index is 14.0. The molecule has 0 saturated carbocycles. The Labute approximate surface area is 245 Å². The van der Waals surface area contributed by atoms with Gasteiger partial charge in [-0.15, -0.1) is 0 Å². The van der Waals surface area contributed by atoms with Crippen LogP contribution in [0.1, 0.15) is 11.3 Å². The van der Waals surface area contributed by atoms with Gasteiger partial charge >= 0.3 is 5.69 Å². The number of nitrogens with one attached hydrogen (secondary N) is 1. The van der Waals surface area contributed by atoms with E-state index in [9.17, 15) is 22.9 Å². The molecule has 0 amide bonds. The number of aryl methyl sites for hydroxylation is 1. The van der Waals surface area contributed by atoms with Crippen molar-refractivity contribution in [3.63, 3.8) is 0 Å². The number of para-hydroxylation sites is 1. The predicted molar refractivity (Wildman–Crippen MR) is 157 cm³/mol. The molecule has 6 rings (SSSR count). The van der Waals surface area contributed by atoms with Crippen molar-refractivity contribution in [2.24, 2.45) is 0 Å². The van der Waals surface area contributed by atoms with Crippen molar-refractivity contribution in [1.29, 1.82) is 0 Å². The molecule has 0 atom stereocenters. The van der Waals surface area contributed by atoms with Crippen molar-refractivity contribution >= 4 is 38.3 Å². The van der Waals surface area contributed by atoms with Crippen molar-refractivity contribution in [1.82, 2.24) is 14.5 Å². The van der Waals surface area contributed by atoms with Gasteiger partial charge in [-0.3, -0.25) is 14.7 Å². The van der Waals surface area contributed by atoms with Crippen LogP contribution in [0.5, 0.6) is 5.75 Å². The molecular formula is C29H26FN5O7S. The van der Waals surface area contributed by atoms with Crippen LogP contribution in [0, 0.1) is 22.9 Å². The van der Waals surface area contributed by atoms with Crippen LogP contribution in [0.4, 0.5) is 21.7 Å². The first-order valence-electron chi connectivity index (χ1n) is 12.9. The Morgan fingerprint density at radius 3 is 2.58 bits per heavy atom. The zero-order chi connectivity index (χ0) is 30.7. The molecule has 2 aromatic heterocycles. The van der Waals surface area contributed by atoms with E-state index in [1.807, 2.05) is 18.2 Å². The van der Waals surface area contributed by atoms with E-state index >= 15 is 0 Å². The summed E-state index contributed by atoms with van der Waals surface area (Å²) in [5, 5.41) is 15.1. The predicted octanol–water partition coefficient (Wildman–Crippen LogP) is 5.67. The number of nitro groups is 1. The molecule has 0 aliphatic carbocycles. The number of rotatable bonds is 6. The van der Waals surface area contributed by atoms with Gasteiger partial charge in [0.15, 0.2) is 0 Å². The van der Waals surface area contributed by atoms with E-state index in [1.165, 1.54) is 13.2 Å². The molecule has 2 N–H and O–H groups in total. The smallest absolute Gasteiger partial charge is 0.307 e. The molecule has 0 radical (unpaired) electrons.